The van der Waals surface area contributed by atoms with Crippen molar-refractivity contribution in [2.75, 3.05) is 6.54 Å². The van der Waals surface area contributed by atoms with E-state index in [1.54, 1.807) is 26.0 Å². The van der Waals surface area contributed by atoms with E-state index in [4.69, 9.17) is 16.0 Å². The molecule has 0 fully saturated rings. The number of hydrogen-bond donors (Lipinski definition) is 2. The molecule has 8 heteroatoms. The Morgan fingerprint density at radius 2 is 2.00 bits per heavy atom. The molecule has 3 rings (SSSR count). The number of rotatable bonds is 5. The number of amides is 1. The number of oxazole rings is 1. The lowest BCUT2D eigenvalue weighted by atomic mass is 10.2. The molecule has 0 aliphatic heterocycles. The fourth-order valence-electron chi connectivity index (χ4n) is 2.25. The summed E-state index contributed by atoms with van der Waals surface area (Å²) in [6.45, 7) is 3.83. The fourth-order valence-corrected chi connectivity index (χ4v) is 2.38. The predicted molar refractivity (Wildman–Crippen MR) is 88.8 cm³/mol. The van der Waals surface area contributed by atoms with Gasteiger partial charge in [0, 0.05) is 30.5 Å². The monoisotopic (exact) mass is 345 g/mol. The second-order valence-corrected chi connectivity index (χ2v) is 5.69. The third kappa shape index (κ3) is 3.62. The van der Waals surface area contributed by atoms with Gasteiger partial charge >= 0.3 is 0 Å². The number of benzene rings is 1. The van der Waals surface area contributed by atoms with Crippen molar-refractivity contribution in [1.29, 1.82) is 0 Å². The molecule has 0 radical (unpaired) electrons. The van der Waals surface area contributed by atoms with E-state index in [2.05, 4.69) is 25.5 Å². The molecule has 3 aromatic rings. The van der Waals surface area contributed by atoms with Crippen molar-refractivity contribution >= 4 is 17.5 Å². The van der Waals surface area contributed by atoms with Crippen molar-refractivity contribution in [3.8, 4) is 11.4 Å². The van der Waals surface area contributed by atoms with Crippen LogP contribution in [0.1, 0.15) is 28.0 Å². The maximum atomic E-state index is 12.0. The molecular weight excluding hydrogens is 330 g/mol. The van der Waals surface area contributed by atoms with E-state index in [0.29, 0.717) is 47.0 Å². The minimum absolute atomic E-state index is 0.262. The zero-order valence-electron chi connectivity index (χ0n) is 13.3. The van der Waals surface area contributed by atoms with Gasteiger partial charge in [0.05, 0.1) is 0 Å². The zero-order chi connectivity index (χ0) is 17.1. The quantitative estimate of drug-likeness (QED) is 0.741. The Labute approximate surface area is 143 Å². The molecule has 0 bridgehead atoms. The largest absolute Gasteiger partial charge is 0.445 e. The molecule has 1 amide bonds. The number of hydrogen-bond acceptors (Lipinski definition) is 5. The summed E-state index contributed by atoms with van der Waals surface area (Å²) in [5.41, 5.74) is 1.19. The van der Waals surface area contributed by atoms with E-state index in [0.717, 1.165) is 5.56 Å². The molecule has 0 aliphatic rings. The Balaban J connectivity index is 1.57. The first-order valence-corrected chi connectivity index (χ1v) is 7.80. The lowest BCUT2D eigenvalue weighted by Gasteiger charge is -2.01. The van der Waals surface area contributed by atoms with Crippen LogP contribution in [0.3, 0.4) is 0 Å². The Bertz CT molecular complexity index is 854. The second-order valence-electron chi connectivity index (χ2n) is 5.26. The highest BCUT2D eigenvalue weighted by atomic mass is 35.5. The molecule has 0 aliphatic carbocycles. The number of nitrogens with zero attached hydrogens (tertiary/aromatic N) is 3. The number of nitrogens with one attached hydrogen (secondary N) is 2. The number of carbonyl (C=O) groups excluding carboxylic acids is 1. The smallest absolute Gasteiger partial charge is 0.273 e. The van der Waals surface area contributed by atoms with Crippen molar-refractivity contribution in [3.05, 3.63) is 52.5 Å². The molecule has 0 spiro atoms. The van der Waals surface area contributed by atoms with Gasteiger partial charge in [0.15, 0.2) is 17.4 Å². The van der Waals surface area contributed by atoms with Crippen LogP contribution in [-0.2, 0) is 6.42 Å². The van der Waals surface area contributed by atoms with Gasteiger partial charge in [0.2, 0.25) is 0 Å². The van der Waals surface area contributed by atoms with Crippen LogP contribution in [0.5, 0.6) is 0 Å². The minimum Gasteiger partial charge on any atom is -0.445 e. The summed E-state index contributed by atoms with van der Waals surface area (Å²) in [6.07, 6.45) is 0.530. The molecule has 0 unspecified atom stereocenters. The molecule has 7 nitrogen and oxygen atoms in total. The van der Waals surface area contributed by atoms with Gasteiger partial charge in [-0.25, -0.2) is 9.97 Å². The van der Waals surface area contributed by atoms with Gasteiger partial charge in [0.1, 0.15) is 11.6 Å². The summed E-state index contributed by atoms with van der Waals surface area (Å²) < 4.78 is 5.25. The zero-order valence-corrected chi connectivity index (χ0v) is 14.0. The normalized spacial score (nSPS) is 10.8. The first-order chi connectivity index (χ1) is 11.5. The molecule has 0 saturated carbocycles. The Hall–Kier alpha value is -2.67. The van der Waals surface area contributed by atoms with Crippen LogP contribution in [0.15, 0.2) is 28.7 Å². The van der Waals surface area contributed by atoms with Crippen molar-refractivity contribution in [3.63, 3.8) is 0 Å². The number of aryl methyl sites for hydroxylation is 2. The van der Waals surface area contributed by atoms with Crippen molar-refractivity contribution in [2.24, 2.45) is 0 Å². The summed E-state index contributed by atoms with van der Waals surface area (Å²) >= 11 is 5.87. The van der Waals surface area contributed by atoms with E-state index >= 15 is 0 Å². The van der Waals surface area contributed by atoms with E-state index in [9.17, 15) is 4.79 Å². The van der Waals surface area contributed by atoms with Crippen LogP contribution in [0, 0.1) is 13.8 Å². The Kier molecular flexibility index (Phi) is 4.61. The summed E-state index contributed by atoms with van der Waals surface area (Å²) in [5, 5.41) is 10.5. The number of halogens is 1. The molecule has 1 aromatic carbocycles. The van der Waals surface area contributed by atoms with Crippen LogP contribution in [0.2, 0.25) is 5.02 Å². The lowest BCUT2D eigenvalue weighted by Crippen LogP contribution is -2.26. The number of carbonyl (C=O) groups is 1. The molecular formula is C16H16ClN5O2. The van der Waals surface area contributed by atoms with Crippen LogP contribution in [0.4, 0.5) is 0 Å². The molecule has 2 heterocycles. The number of aromatic amines is 1. The predicted octanol–water partition coefficient (Wildman–Crippen LogP) is 2.70. The standard InChI is InChI=1S/C16H16ClN5O2/c1-9-14(19-10(2)24-9)16(23)18-8-7-13-20-15(22-21-13)11-3-5-12(17)6-4-11/h3-6H,7-8H2,1-2H3,(H,18,23)(H,20,21,22). The lowest BCUT2D eigenvalue weighted by molar-refractivity contribution is 0.0948. The average molecular weight is 346 g/mol. The summed E-state index contributed by atoms with van der Waals surface area (Å²) in [5.74, 6) is 2.00. The van der Waals surface area contributed by atoms with Crippen molar-refractivity contribution in [1.82, 2.24) is 25.5 Å². The highest BCUT2D eigenvalue weighted by molar-refractivity contribution is 6.30. The molecule has 0 atom stereocenters. The van der Waals surface area contributed by atoms with E-state index in [1.165, 1.54) is 0 Å². The fraction of sp³-hybridized carbons (Fsp3) is 0.250. The number of H-pyrrole nitrogens is 1. The highest BCUT2D eigenvalue weighted by Crippen LogP contribution is 2.17. The topological polar surface area (TPSA) is 96.7 Å². The molecule has 2 aromatic heterocycles. The summed E-state index contributed by atoms with van der Waals surface area (Å²) in [7, 11) is 0. The number of aromatic nitrogens is 4. The summed E-state index contributed by atoms with van der Waals surface area (Å²) in [6, 6.07) is 7.28. The van der Waals surface area contributed by atoms with Gasteiger partial charge < -0.3 is 9.73 Å². The molecule has 2 N–H and O–H groups in total. The third-order valence-corrected chi connectivity index (χ3v) is 3.65. The van der Waals surface area contributed by atoms with Gasteiger partial charge in [-0.15, -0.1) is 0 Å². The van der Waals surface area contributed by atoms with E-state index in [1.807, 2.05) is 12.1 Å². The highest BCUT2D eigenvalue weighted by Gasteiger charge is 2.15. The first-order valence-electron chi connectivity index (χ1n) is 7.42. The van der Waals surface area contributed by atoms with Gasteiger partial charge in [-0.05, 0) is 31.2 Å². The van der Waals surface area contributed by atoms with Crippen molar-refractivity contribution in [2.45, 2.75) is 20.3 Å². The van der Waals surface area contributed by atoms with E-state index in [-0.39, 0.29) is 5.91 Å². The maximum absolute atomic E-state index is 12.0. The van der Waals surface area contributed by atoms with Crippen LogP contribution in [0.25, 0.3) is 11.4 Å². The Morgan fingerprint density at radius 1 is 1.25 bits per heavy atom. The minimum atomic E-state index is -0.262. The molecule has 124 valence electrons. The van der Waals surface area contributed by atoms with E-state index < -0.39 is 0 Å². The molecule has 0 saturated heterocycles. The van der Waals surface area contributed by atoms with Crippen LogP contribution >= 0.6 is 11.6 Å². The third-order valence-electron chi connectivity index (χ3n) is 3.40. The summed E-state index contributed by atoms with van der Waals surface area (Å²) in [4.78, 5) is 20.5. The second kappa shape index (κ2) is 6.84. The van der Waals surface area contributed by atoms with Gasteiger partial charge in [0.25, 0.3) is 5.91 Å². The first kappa shape index (κ1) is 16.2. The van der Waals surface area contributed by atoms with Crippen molar-refractivity contribution < 1.29 is 9.21 Å². The van der Waals surface area contributed by atoms with Gasteiger partial charge in [-0.2, -0.15) is 5.10 Å². The van der Waals surface area contributed by atoms with Crippen LogP contribution < -0.4 is 5.32 Å². The van der Waals surface area contributed by atoms with Gasteiger partial charge in [-0.3, -0.25) is 9.89 Å². The maximum Gasteiger partial charge on any atom is 0.273 e. The van der Waals surface area contributed by atoms with Crippen LogP contribution in [-0.4, -0.2) is 32.6 Å². The SMILES string of the molecule is Cc1nc(C(=O)NCCc2nc(-c3ccc(Cl)cc3)n[nH]2)c(C)o1. The average Bonchev–Trinajstić information content (AvgIpc) is 3.14. The van der Waals surface area contributed by atoms with Gasteiger partial charge in [-0.1, -0.05) is 11.6 Å². The molecule has 24 heavy (non-hydrogen) atoms. The Morgan fingerprint density at radius 3 is 2.67 bits per heavy atom.